The number of allylic oxidation sites excluding steroid dienone is 1. The molecule has 0 fully saturated rings. The summed E-state index contributed by atoms with van der Waals surface area (Å²) in [6.45, 7) is -0.382. The van der Waals surface area contributed by atoms with Crippen molar-refractivity contribution in [1.82, 2.24) is 14.3 Å². The van der Waals surface area contributed by atoms with Crippen LogP contribution in [0.3, 0.4) is 0 Å². The molecule has 0 saturated heterocycles. The molecule has 1 heterocycles. The summed E-state index contributed by atoms with van der Waals surface area (Å²) >= 11 is 0. The standard InChI is InChI=1S/C19H18F4N4O2S/c1-25-30(28,29)15-4-2-3-12(7-15)16-8-13(19(21,22)23)9-17-18(16)26-11-27(17)10-14(20)5-6-24/h2-5,7-9,11,25H,6,10,24H2,1H3/b14-5-. The van der Waals surface area contributed by atoms with Crippen LogP contribution in [-0.2, 0) is 22.7 Å². The van der Waals surface area contributed by atoms with Crippen LogP contribution in [-0.4, -0.2) is 31.6 Å². The predicted molar refractivity (Wildman–Crippen MR) is 105 cm³/mol. The van der Waals surface area contributed by atoms with Gasteiger partial charge in [0.05, 0.1) is 34.4 Å². The van der Waals surface area contributed by atoms with E-state index in [4.69, 9.17) is 5.73 Å². The van der Waals surface area contributed by atoms with Crippen molar-refractivity contribution in [2.75, 3.05) is 13.6 Å². The molecule has 6 nitrogen and oxygen atoms in total. The topological polar surface area (TPSA) is 90.0 Å². The minimum Gasteiger partial charge on any atom is -0.327 e. The van der Waals surface area contributed by atoms with Gasteiger partial charge >= 0.3 is 6.18 Å². The van der Waals surface area contributed by atoms with E-state index >= 15 is 0 Å². The average molecular weight is 442 g/mol. The van der Waals surface area contributed by atoms with Crippen molar-refractivity contribution < 1.29 is 26.0 Å². The van der Waals surface area contributed by atoms with Gasteiger partial charge in [-0.3, -0.25) is 0 Å². The first-order valence-corrected chi connectivity index (χ1v) is 10.2. The molecule has 3 rings (SSSR count). The zero-order valence-corrected chi connectivity index (χ0v) is 16.6. The van der Waals surface area contributed by atoms with Crippen LogP contribution in [0.2, 0.25) is 0 Å². The number of imidazole rings is 1. The van der Waals surface area contributed by atoms with E-state index in [0.29, 0.717) is 0 Å². The Hall–Kier alpha value is -2.76. The summed E-state index contributed by atoms with van der Waals surface area (Å²) in [7, 11) is -2.57. The Kier molecular flexibility index (Phi) is 5.97. The summed E-state index contributed by atoms with van der Waals surface area (Å²) in [4.78, 5) is 4.04. The van der Waals surface area contributed by atoms with E-state index in [9.17, 15) is 26.0 Å². The summed E-state index contributed by atoms with van der Waals surface area (Å²) in [6, 6.07) is 7.27. The molecule has 0 spiro atoms. The molecular weight excluding hydrogens is 424 g/mol. The van der Waals surface area contributed by atoms with Crippen LogP contribution in [0.1, 0.15) is 5.56 Å². The van der Waals surface area contributed by atoms with Crippen LogP contribution in [0.15, 0.2) is 59.5 Å². The second-order valence-electron chi connectivity index (χ2n) is 6.38. The zero-order valence-electron chi connectivity index (χ0n) is 15.7. The minimum atomic E-state index is -4.67. The highest BCUT2D eigenvalue weighted by Gasteiger charge is 2.32. The molecular formula is C19H18F4N4O2S. The number of nitrogens with one attached hydrogen (secondary N) is 1. The predicted octanol–water partition coefficient (Wildman–Crippen LogP) is 3.44. The largest absolute Gasteiger partial charge is 0.416 e. The lowest BCUT2D eigenvalue weighted by Gasteiger charge is -2.12. The van der Waals surface area contributed by atoms with Gasteiger partial charge in [0.15, 0.2) is 0 Å². The smallest absolute Gasteiger partial charge is 0.327 e. The fourth-order valence-electron chi connectivity index (χ4n) is 2.98. The summed E-state index contributed by atoms with van der Waals surface area (Å²) in [5.41, 5.74) is 4.85. The number of hydrogen-bond acceptors (Lipinski definition) is 4. The molecule has 160 valence electrons. The summed E-state index contributed by atoms with van der Waals surface area (Å²) < 4.78 is 82.1. The Morgan fingerprint density at radius 2 is 2.00 bits per heavy atom. The van der Waals surface area contributed by atoms with Crippen molar-refractivity contribution in [2.24, 2.45) is 5.73 Å². The highest BCUT2D eigenvalue weighted by Crippen LogP contribution is 2.37. The molecule has 11 heteroatoms. The van der Waals surface area contributed by atoms with Crippen LogP contribution in [0.5, 0.6) is 0 Å². The van der Waals surface area contributed by atoms with E-state index in [0.717, 1.165) is 18.2 Å². The molecule has 3 N–H and O–H groups in total. The summed E-state index contributed by atoms with van der Waals surface area (Å²) in [5.74, 6) is -0.613. The van der Waals surface area contributed by atoms with Crippen molar-refractivity contribution in [3.8, 4) is 11.1 Å². The maximum atomic E-state index is 13.9. The molecule has 2 aromatic carbocycles. The Morgan fingerprint density at radius 3 is 2.63 bits per heavy atom. The van der Waals surface area contributed by atoms with Gasteiger partial charge in [-0.05, 0) is 43.0 Å². The van der Waals surface area contributed by atoms with E-state index < -0.39 is 27.6 Å². The monoisotopic (exact) mass is 442 g/mol. The number of alkyl halides is 3. The Balaban J connectivity index is 2.26. The number of nitrogens with two attached hydrogens (primary N) is 1. The minimum absolute atomic E-state index is 0.0513. The van der Waals surface area contributed by atoms with Crippen LogP contribution >= 0.6 is 0 Å². The Morgan fingerprint density at radius 1 is 1.27 bits per heavy atom. The molecule has 1 aromatic heterocycles. The number of benzene rings is 2. The lowest BCUT2D eigenvalue weighted by Crippen LogP contribution is -2.18. The molecule has 0 saturated carbocycles. The number of aromatic nitrogens is 2. The highest BCUT2D eigenvalue weighted by molar-refractivity contribution is 7.89. The Labute approximate surface area is 170 Å². The van der Waals surface area contributed by atoms with Gasteiger partial charge in [-0.15, -0.1) is 0 Å². The second-order valence-corrected chi connectivity index (χ2v) is 8.27. The maximum absolute atomic E-state index is 13.9. The number of halogens is 4. The molecule has 0 aliphatic rings. The quantitative estimate of drug-likeness (QED) is 0.573. The van der Waals surface area contributed by atoms with Gasteiger partial charge in [0.25, 0.3) is 0 Å². The molecule has 30 heavy (non-hydrogen) atoms. The van der Waals surface area contributed by atoms with Crippen molar-refractivity contribution in [1.29, 1.82) is 0 Å². The highest BCUT2D eigenvalue weighted by atomic mass is 32.2. The number of sulfonamides is 1. The molecule has 0 atom stereocenters. The van der Waals surface area contributed by atoms with Crippen LogP contribution < -0.4 is 10.5 Å². The molecule has 0 bridgehead atoms. The van der Waals surface area contributed by atoms with Crippen molar-refractivity contribution in [3.05, 3.63) is 60.2 Å². The third-order valence-electron chi connectivity index (χ3n) is 4.44. The zero-order chi connectivity index (χ0) is 22.1. The first kappa shape index (κ1) is 21.9. The van der Waals surface area contributed by atoms with Crippen LogP contribution in [0.25, 0.3) is 22.2 Å². The summed E-state index contributed by atoms with van der Waals surface area (Å²) in [6.07, 6.45) is -2.32. The number of nitrogens with zero attached hydrogens (tertiary/aromatic N) is 2. The number of fused-ring (bicyclic) bond motifs is 1. The maximum Gasteiger partial charge on any atom is 0.416 e. The first-order chi connectivity index (χ1) is 14.1. The van der Waals surface area contributed by atoms with Crippen LogP contribution in [0.4, 0.5) is 17.6 Å². The third-order valence-corrected chi connectivity index (χ3v) is 5.85. The fraction of sp³-hybridized carbons (Fsp3) is 0.211. The molecule has 0 aliphatic carbocycles. The second kappa shape index (κ2) is 8.17. The van der Waals surface area contributed by atoms with Gasteiger partial charge in [0.2, 0.25) is 10.0 Å². The lowest BCUT2D eigenvalue weighted by molar-refractivity contribution is -0.137. The number of rotatable bonds is 6. The van der Waals surface area contributed by atoms with Crippen molar-refractivity contribution in [3.63, 3.8) is 0 Å². The SMILES string of the molecule is CNS(=O)(=O)c1cccc(-c2cc(C(F)(F)F)cc3c2ncn3C/C(F)=C/CN)c1. The molecule has 0 aliphatic heterocycles. The van der Waals surface area contributed by atoms with Gasteiger partial charge in [-0.1, -0.05) is 12.1 Å². The van der Waals surface area contributed by atoms with Gasteiger partial charge in [0, 0.05) is 12.1 Å². The van der Waals surface area contributed by atoms with Crippen LogP contribution in [0, 0.1) is 0 Å². The van der Waals surface area contributed by atoms with Gasteiger partial charge in [0.1, 0.15) is 5.83 Å². The van der Waals surface area contributed by atoms with E-state index in [2.05, 4.69) is 9.71 Å². The van der Waals surface area contributed by atoms with Crippen molar-refractivity contribution in [2.45, 2.75) is 17.6 Å². The van der Waals surface area contributed by atoms with Gasteiger partial charge < -0.3 is 10.3 Å². The Bertz CT molecular complexity index is 1220. The van der Waals surface area contributed by atoms with Gasteiger partial charge in [-0.25, -0.2) is 22.5 Å². The summed E-state index contributed by atoms with van der Waals surface area (Å²) in [5, 5.41) is 0. The number of hydrogen-bond donors (Lipinski definition) is 2. The molecule has 3 aromatic rings. The van der Waals surface area contributed by atoms with E-state index in [1.54, 1.807) is 0 Å². The molecule has 0 amide bonds. The first-order valence-electron chi connectivity index (χ1n) is 8.71. The average Bonchev–Trinajstić information content (AvgIpc) is 3.09. The lowest BCUT2D eigenvalue weighted by atomic mass is 10.0. The fourth-order valence-corrected chi connectivity index (χ4v) is 3.75. The van der Waals surface area contributed by atoms with Crippen molar-refractivity contribution >= 4 is 21.1 Å². The normalized spacial score (nSPS) is 13.2. The van der Waals surface area contributed by atoms with E-state index in [1.807, 2.05) is 0 Å². The van der Waals surface area contributed by atoms with E-state index in [1.165, 1.54) is 42.2 Å². The van der Waals surface area contributed by atoms with E-state index in [-0.39, 0.29) is 40.1 Å². The third kappa shape index (κ3) is 4.37. The molecule has 0 radical (unpaired) electrons. The van der Waals surface area contributed by atoms with Gasteiger partial charge in [-0.2, -0.15) is 13.2 Å². The molecule has 0 unspecified atom stereocenters.